The van der Waals surface area contributed by atoms with Crippen LogP contribution in [0.4, 0.5) is 5.82 Å². The SMILES string of the molecule is O=C(Nc1noc2c(Cl)cccc12)C(Cc1ccccc1)n1cnc(-c2cc(Cl)ccc2-n2cc(Cl)nn2)cc1=O. The first kappa shape index (κ1) is 26.7. The third-order valence-corrected chi connectivity index (χ3v) is 7.09. The molecule has 1 atom stereocenters. The lowest BCUT2D eigenvalue weighted by Crippen LogP contribution is -2.34. The molecule has 6 aromatic rings. The smallest absolute Gasteiger partial charge is 0.254 e. The van der Waals surface area contributed by atoms with Crippen molar-refractivity contribution in [1.29, 1.82) is 0 Å². The lowest BCUT2D eigenvalue weighted by atomic mass is 10.0. The highest BCUT2D eigenvalue weighted by molar-refractivity contribution is 6.35. The number of nitrogens with one attached hydrogen (secondary N) is 1. The van der Waals surface area contributed by atoms with Gasteiger partial charge in [-0.3, -0.25) is 14.2 Å². The summed E-state index contributed by atoms with van der Waals surface area (Å²) in [6, 6.07) is 19.9. The standard InChI is InChI=1S/C28H18Cl3N7O3/c29-17-9-10-22(38-14-24(31)34-36-38)19(12-17)21-13-25(39)37(15-32-21)23(11-16-5-2-1-3-6-16)28(40)33-27-18-7-4-8-20(30)26(18)41-35-27/h1-10,12-15,23H,11H2,(H,33,35,40). The van der Waals surface area contributed by atoms with Gasteiger partial charge < -0.3 is 9.84 Å². The maximum atomic E-state index is 13.7. The average Bonchev–Trinajstić information content (AvgIpc) is 3.59. The van der Waals surface area contributed by atoms with E-state index in [1.54, 1.807) is 36.4 Å². The van der Waals surface area contributed by atoms with Gasteiger partial charge in [0.1, 0.15) is 6.04 Å². The Hall–Kier alpha value is -4.51. The number of aromatic nitrogens is 6. The van der Waals surface area contributed by atoms with Crippen LogP contribution in [0.2, 0.25) is 15.2 Å². The van der Waals surface area contributed by atoms with Crippen LogP contribution < -0.4 is 10.9 Å². The molecule has 0 saturated carbocycles. The molecule has 1 N–H and O–H groups in total. The van der Waals surface area contributed by atoms with Gasteiger partial charge in [0.25, 0.3) is 5.56 Å². The fraction of sp³-hybridized carbons (Fsp3) is 0.0714. The number of hydrogen-bond donors (Lipinski definition) is 1. The zero-order valence-corrected chi connectivity index (χ0v) is 23.2. The van der Waals surface area contributed by atoms with E-state index in [2.05, 4.69) is 25.8 Å². The minimum Gasteiger partial charge on any atom is -0.352 e. The molecule has 3 aromatic carbocycles. The number of para-hydroxylation sites is 1. The highest BCUT2D eigenvalue weighted by Gasteiger charge is 2.25. The van der Waals surface area contributed by atoms with Gasteiger partial charge in [-0.2, -0.15) is 0 Å². The molecule has 0 bridgehead atoms. The molecule has 1 unspecified atom stereocenters. The van der Waals surface area contributed by atoms with Crippen LogP contribution in [-0.4, -0.2) is 35.6 Å². The fourth-order valence-electron chi connectivity index (χ4n) is 4.44. The molecule has 3 heterocycles. The normalized spacial score (nSPS) is 12.0. The molecular formula is C28H18Cl3N7O3. The summed E-state index contributed by atoms with van der Waals surface area (Å²) in [6.45, 7) is 0. The molecule has 0 saturated heterocycles. The summed E-state index contributed by atoms with van der Waals surface area (Å²) in [4.78, 5) is 31.7. The van der Waals surface area contributed by atoms with Gasteiger partial charge in [0.05, 0.1) is 34.3 Å². The largest absolute Gasteiger partial charge is 0.352 e. The van der Waals surface area contributed by atoms with Gasteiger partial charge in [0.15, 0.2) is 16.6 Å². The van der Waals surface area contributed by atoms with E-state index in [-0.39, 0.29) is 17.4 Å². The molecule has 0 spiro atoms. The van der Waals surface area contributed by atoms with Crippen molar-refractivity contribution in [3.63, 3.8) is 0 Å². The molecule has 0 aliphatic rings. The van der Waals surface area contributed by atoms with Gasteiger partial charge in [0.2, 0.25) is 5.91 Å². The van der Waals surface area contributed by atoms with Crippen molar-refractivity contribution in [3.8, 4) is 16.9 Å². The number of amides is 1. The average molecular weight is 607 g/mol. The molecule has 204 valence electrons. The Kier molecular flexibility index (Phi) is 7.27. The lowest BCUT2D eigenvalue weighted by Gasteiger charge is -2.19. The van der Waals surface area contributed by atoms with Gasteiger partial charge in [0, 0.05) is 23.1 Å². The zero-order chi connectivity index (χ0) is 28.5. The van der Waals surface area contributed by atoms with E-state index < -0.39 is 17.5 Å². The van der Waals surface area contributed by atoms with Crippen LogP contribution in [0.3, 0.4) is 0 Å². The van der Waals surface area contributed by atoms with E-state index in [9.17, 15) is 9.59 Å². The predicted octanol–water partition coefficient (Wildman–Crippen LogP) is 6.01. The molecule has 3 aromatic heterocycles. The highest BCUT2D eigenvalue weighted by atomic mass is 35.5. The first-order valence-electron chi connectivity index (χ1n) is 12.2. The Morgan fingerprint density at radius 2 is 1.83 bits per heavy atom. The molecule has 0 aliphatic carbocycles. The number of rotatable bonds is 7. The van der Waals surface area contributed by atoms with Crippen LogP contribution in [0.1, 0.15) is 11.6 Å². The Morgan fingerprint density at radius 3 is 2.59 bits per heavy atom. The van der Waals surface area contributed by atoms with E-state index in [0.717, 1.165) is 5.56 Å². The second kappa shape index (κ2) is 11.2. The van der Waals surface area contributed by atoms with E-state index >= 15 is 0 Å². The van der Waals surface area contributed by atoms with Crippen molar-refractivity contribution < 1.29 is 9.32 Å². The van der Waals surface area contributed by atoms with Crippen molar-refractivity contribution in [2.75, 3.05) is 5.32 Å². The lowest BCUT2D eigenvalue weighted by molar-refractivity contribution is -0.119. The fourth-order valence-corrected chi connectivity index (χ4v) is 4.95. The first-order valence-corrected chi connectivity index (χ1v) is 13.4. The molecular weight excluding hydrogens is 589 g/mol. The summed E-state index contributed by atoms with van der Waals surface area (Å²) < 4.78 is 8.06. The number of anilines is 1. The molecule has 0 radical (unpaired) electrons. The zero-order valence-electron chi connectivity index (χ0n) is 20.9. The third-order valence-electron chi connectivity index (χ3n) is 6.38. The molecule has 10 nitrogen and oxygen atoms in total. The number of carbonyl (C=O) groups is 1. The number of halogens is 3. The summed E-state index contributed by atoms with van der Waals surface area (Å²) in [5.74, 6) is -0.292. The Bertz CT molecular complexity index is 1950. The topological polar surface area (TPSA) is 121 Å². The molecule has 6 rings (SSSR count). The van der Waals surface area contributed by atoms with Crippen molar-refractivity contribution in [2.45, 2.75) is 12.5 Å². The van der Waals surface area contributed by atoms with Crippen LogP contribution in [0.5, 0.6) is 0 Å². The van der Waals surface area contributed by atoms with Crippen molar-refractivity contribution in [2.24, 2.45) is 0 Å². The molecule has 1 amide bonds. The van der Waals surface area contributed by atoms with Crippen molar-refractivity contribution in [1.82, 2.24) is 29.7 Å². The van der Waals surface area contributed by atoms with E-state index in [1.807, 2.05) is 30.3 Å². The van der Waals surface area contributed by atoms with Crippen LogP contribution >= 0.6 is 34.8 Å². The Balaban J connectivity index is 1.39. The van der Waals surface area contributed by atoms with E-state index in [4.69, 9.17) is 39.3 Å². The van der Waals surface area contributed by atoms with Crippen molar-refractivity contribution >= 4 is 57.5 Å². The molecule has 13 heteroatoms. The van der Waals surface area contributed by atoms with Crippen LogP contribution in [-0.2, 0) is 11.2 Å². The molecule has 0 aliphatic heterocycles. The maximum absolute atomic E-state index is 13.7. The number of fused-ring (bicyclic) bond motifs is 1. The maximum Gasteiger partial charge on any atom is 0.254 e. The summed E-state index contributed by atoms with van der Waals surface area (Å²) >= 11 is 18.4. The highest BCUT2D eigenvalue weighted by Crippen LogP contribution is 2.30. The number of carbonyl (C=O) groups excluding carboxylic acids is 1. The minimum atomic E-state index is -0.967. The number of nitrogens with zero attached hydrogens (tertiary/aromatic N) is 6. The van der Waals surface area contributed by atoms with Crippen LogP contribution in [0, 0.1) is 0 Å². The Labute approximate surface area is 247 Å². The predicted molar refractivity (Wildman–Crippen MR) is 156 cm³/mol. The van der Waals surface area contributed by atoms with E-state index in [1.165, 1.54) is 27.8 Å². The molecule has 0 fully saturated rings. The van der Waals surface area contributed by atoms with Crippen LogP contribution in [0.15, 0.2) is 94.6 Å². The quantitative estimate of drug-likeness (QED) is 0.236. The summed E-state index contributed by atoms with van der Waals surface area (Å²) in [5.41, 5.74) is 2.15. The number of hydrogen-bond acceptors (Lipinski definition) is 7. The molecule has 41 heavy (non-hydrogen) atoms. The van der Waals surface area contributed by atoms with Gasteiger partial charge in [-0.15, -0.1) is 5.10 Å². The van der Waals surface area contributed by atoms with Gasteiger partial charge in [-0.1, -0.05) is 81.6 Å². The van der Waals surface area contributed by atoms with E-state index in [0.29, 0.717) is 38.0 Å². The summed E-state index contributed by atoms with van der Waals surface area (Å²) in [6.07, 6.45) is 3.07. The minimum absolute atomic E-state index is 0.193. The second-order valence-electron chi connectivity index (χ2n) is 9.01. The first-order chi connectivity index (χ1) is 19.9. The van der Waals surface area contributed by atoms with Gasteiger partial charge in [-0.25, -0.2) is 9.67 Å². The Morgan fingerprint density at radius 1 is 1.00 bits per heavy atom. The van der Waals surface area contributed by atoms with Gasteiger partial charge >= 0.3 is 0 Å². The summed E-state index contributed by atoms with van der Waals surface area (Å²) in [7, 11) is 0. The third kappa shape index (κ3) is 5.45. The van der Waals surface area contributed by atoms with Crippen molar-refractivity contribution in [3.05, 3.63) is 116 Å². The second-order valence-corrected chi connectivity index (χ2v) is 10.2. The monoisotopic (exact) mass is 605 g/mol. The number of benzene rings is 3. The van der Waals surface area contributed by atoms with Crippen LogP contribution in [0.25, 0.3) is 27.9 Å². The van der Waals surface area contributed by atoms with Gasteiger partial charge in [-0.05, 0) is 35.9 Å². The summed E-state index contributed by atoms with van der Waals surface area (Å²) in [5, 5.41) is 16.1.